The van der Waals surface area contributed by atoms with E-state index in [1.165, 1.54) is 0 Å². The Morgan fingerprint density at radius 2 is 1.80 bits per heavy atom. The first kappa shape index (κ1) is 16.7. The van der Waals surface area contributed by atoms with Gasteiger partial charge in [0.25, 0.3) is 0 Å². The van der Waals surface area contributed by atoms with Crippen molar-refractivity contribution >= 4 is 0 Å². The molecule has 0 fully saturated rings. The second kappa shape index (κ2) is 7.41. The fourth-order valence-electron chi connectivity index (χ4n) is 3.02. The Morgan fingerprint density at radius 1 is 1.15 bits per heavy atom. The van der Waals surface area contributed by atoms with Crippen LogP contribution in [-0.2, 0) is 0 Å². The molecule has 0 aromatic heterocycles. The highest BCUT2D eigenvalue weighted by Gasteiger charge is 2.47. The Labute approximate surface area is 123 Å². The molecule has 2 N–H and O–H groups in total. The van der Waals surface area contributed by atoms with Crippen LogP contribution in [0.1, 0.15) is 32.1 Å². The average molecular weight is 273 g/mol. The van der Waals surface area contributed by atoms with Crippen molar-refractivity contribution in [1.82, 2.24) is 5.32 Å². The zero-order valence-electron chi connectivity index (χ0n) is 12.4. The highest BCUT2D eigenvalue weighted by molar-refractivity contribution is 5.25. The van der Waals surface area contributed by atoms with E-state index in [0.717, 1.165) is 12.8 Å². The van der Waals surface area contributed by atoms with Crippen molar-refractivity contribution in [3.8, 4) is 0 Å². The Hall–Kier alpha value is -1.38. The molecular formula is C18H27NO. The molecule has 2 atom stereocenters. The smallest absolute Gasteiger partial charge is 0.0935 e. The molecule has 0 saturated heterocycles. The molecule has 1 aliphatic heterocycles. The lowest BCUT2D eigenvalue weighted by Crippen LogP contribution is -2.65. The molecule has 1 aliphatic rings. The Morgan fingerprint density at radius 3 is 2.30 bits per heavy atom. The normalized spacial score (nSPS) is 25.9. The van der Waals surface area contributed by atoms with Crippen molar-refractivity contribution in [2.45, 2.75) is 49.3 Å². The first-order chi connectivity index (χ1) is 9.57. The predicted octanol–water partition coefficient (Wildman–Crippen LogP) is 3.68. The standard InChI is InChI=1S/C18H27NO/c1-5-10-16-11-9-15-17(19-16,12-6-2)18(20,13-7-3)14-8-4/h5-9,15-16,19-20H,1-4,10-14H2/t16-,17-/m1/s1. The molecule has 0 amide bonds. The van der Waals surface area contributed by atoms with Crippen LogP contribution in [-0.4, -0.2) is 22.3 Å². The Balaban J connectivity index is 3.16. The van der Waals surface area contributed by atoms with Crippen LogP contribution < -0.4 is 5.32 Å². The molecule has 0 radical (unpaired) electrons. The van der Waals surface area contributed by atoms with Gasteiger partial charge in [-0.2, -0.15) is 0 Å². The summed E-state index contributed by atoms with van der Waals surface area (Å²) in [7, 11) is 0. The molecule has 0 aromatic carbocycles. The number of nitrogens with one attached hydrogen (secondary N) is 1. The summed E-state index contributed by atoms with van der Waals surface area (Å²) in [5.41, 5.74) is -1.47. The summed E-state index contributed by atoms with van der Waals surface area (Å²) in [6, 6.07) is 0.290. The van der Waals surface area contributed by atoms with Gasteiger partial charge in [0, 0.05) is 6.04 Å². The van der Waals surface area contributed by atoms with E-state index < -0.39 is 11.1 Å². The van der Waals surface area contributed by atoms with Gasteiger partial charge >= 0.3 is 0 Å². The van der Waals surface area contributed by atoms with Crippen molar-refractivity contribution in [3.05, 3.63) is 62.8 Å². The van der Waals surface area contributed by atoms with E-state index in [0.29, 0.717) is 25.3 Å². The maximum absolute atomic E-state index is 11.2. The molecule has 0 aliphatic carbocycles. The van der Waals surface area contributed by atoms with Crippen LogP contribution in [0.2, 0.25) is 0 Å². The maximum atomic E-state index is 11.2. The molecule has 0 aromatic rings. The summed E-state index contributed by atoms with van der Waals surface area (Å²) in [4.78, 5) is 0. The molecule has 0 saturated carbocycles. The molecule has 1 heterocycles. The van der Waals surface area contributed by atoms with Gasteiger partial charge in [0.1, 0.15) is 0 Å². The van der Waals surface area contributed by atoms with E-state index in [1.807, 2.05) is 12.2 Å². The van der Waals surface area contributed by atoms with Crippen molar-refractivity contribution in [2.24, 2.45) is 0 Å². The van der Waals surface area contributed by atoms with E-state index in [-0.39, 0.29) is 0 Å². The van der Waals surface area contributed by atoms with Crippen molar-refractivity contribution in [2.75, 3.05) is 0 Å². The minimum Gasteiger partial charge on any atom is -0.387 e. The van der Waals surface area contributed by atoms with E-state index >= 15 is 0 Å². The fraction of sp³-hybridized carbons (Fsp3) is 0.444. The number of rotatable bonds is 9. The lowest BCUT2D eigenvalue weighted by molar-refractivity contribution is -0.0333. The van der Waals surface area contributed by atoms with Gasteiger partial charge in [-0.1, -0.05) is 36.5 Å². The van der Waals surface area contributed by atoms with Crippen LogP contribution in [0.5, 0.6) is 0 Å². The van der Waals surface area contributed by atoms with E-state index in [2.05, 4.69) is 43.8 Å². The van der Waals surface area contributed by atoms with Crippen molar-refractivity contribution in [1.29, 1.82) is 0 Å². The molecule has 0 unspecified atom stereocenters. The van der Waals surface area contributed by atoms with Gasteiger partial charge in [-0.05, 0) is 32.1 Å². The highest BCUT2D eigenvalue weighted by Crippen LogP contribution is 2.37. The Kier molecular flexibility index (Phi) is 6.18. The van der Waals surface area contributed by atoms with Gasteiger partial charge in [0.05, 0.1) is 11.1 Å². The molecular weight excluding hydrogens is 246 g/mol. The highest BCUT2D eigenvalue weighted by atomic mass is 16.3. The molecule has 2 heteroatoms. The van der Waals surface area contributed by atoms with Gasteiger partial charge in [-0.3, -0.25) is 0 Å². The lowest BCUT2D eigenvalue weighted by Gasteiger charge is -2.49. The fourth-order valence-corrected chi connectivity index (χ4v) is 3.02. The number of hydrogen-bond acceptors (Lipinski definition) is 2. The Bertz CT molecular complexity index is 386. The minimum absolute atomic E-state index is 0.290. The number of hydrogen-bond donors (Lipinski definition) is 2. The zero-order chi connectivity index (χ0) is 15.1. The maximum Gasteiger partial charge on any atom is 0.0935 e. The van der Waals surface area contributed by atoms with E-state index in [4.69, 9.17) is 0 Å². The van der Waals surface area contributed by atoms with E-state index in [1.54, 1.807) is 12.2 Å². The summed E-state index contributed by atoms with van der Waals surface area (Å²) in [6.07, 6.45) is 15.0. The zero-order valence-corrected chi connectivity index (χ0v) is 12.4. The third-order valence-corrected chi connectivity index (χ3v) is 4.00. The van der Waals surface area contributed by atoms with Crippen LogP contribution in [0.4, 0.5) is 0 Å². The van der Waals surface area contributed by atoms with Gasteiger partial charge in [0.2, 0.25) is 0 Å². The SMILES string of the molecule is C=CC[C@@H]1CC=C[C@](CC=C)(C(O)(CC=C)CC=C)N1. The molecule has 0 bridgehead atoms. The number of aliphatic hydroxyl groups is 1. The van der Waals surface area contributed by atoms with Crippen LogP contribution in [0.3, 0.4) is 0 Å². The summed E-state index contributed by atoms with van der Waals surface area (Å²) < 4.78 is 0. The molecule has 1 rings (SSSR count). The van der Waals surface area contributed by atoms with Crippen LogP contribution >= 0.6 is 0 Å². The van der Waals surface area contributed by atoms with Crippen LogP contribution in [0.15, 0.2) is 62.8 Å². The third kappa shape index (κ3) is 3.38. The van der Waals surface area contributed by atoms with Crippen LogP contribution in [0, 0.1) is 0 Å². The molecule has 110 valence electrons. The van der Waals surface area contributed by atoms with E-state index in [9.17, 15) is 5.11 Å². The summed E-state index contributed by atoms with van der Waals surface area (Å²) in [6.45, 7) is 15.2. The van der Waals surface area contributed by atoms with Crippen LogP contribution in [0.25, 0.3) is 0 Å². The predicted molar refractivity (Wildman–Crippen MR) is 87.6 cm³/mol. The van der Waals surface area contributed by atoms with Gasteiger partial charge < -0.3 is 10.4 Å². The second-order valence-electron chi connectivity index (χ2n) is 5.49. The minimum atomic E-state index is -0.943. The third-order valence-electron chi connectivity index (χ3n) is 4.00. The first-order valence-corrected chi connectivity index (χ1v) is 7.19. The lowest BCUT2D eigenvalue weighted by atomic mass is 9.70. The molecule has 2 nitrogen and oxygen atoms in total. The average Bonchev–Trinajstić information content (AvgIpc) is 2.40. The quantitative estimate of drug-likeness (QED) is 0.628. The second-order valence-corrected chi connectivity index (χ2v) is 5.49. The molecule has 20 heavy (non-hydrogen) atoms. The summed E-state index contributed by atoms with van der Waals surface area (Å²) in [5.74, 6) is 0. The molecule has 0 spiro atoms. The van der Waals surface area contributed by atoms with Gasteiger partial charge in [0.15, 0.2) is 0 Å². The summed E-state index contributed by atoms with van der Waals surface area (Å²) >= 11 is 0. The monoisotopic (exact) mass is 273 g/mol. The largest absolute Gasteiger partial charge is 0.387 e. The van der Waals surface area contributed by atoms with Gasteiger partial charge in [-0.25, -0.2) is 0 Å². The van der Waals surface area contributed by atoms with Crippen molar-refractivity contribution < 1.29 is 5.11 Å². The van der Waals surface area contributed by atoms with Crippen molar-refractivity contribution in [3.63, 3.8) is 0 Å². The van der Waals surface area contributed by atoms with Gasteiger partial charge in [-0.15, -0.1) is 26.3 Å². The summed E-state index contributed by atoms with van der Waals surface area (Å²) in [5, 5.41) is 14.8. The topological polar surface area (TPSA) is 32.3 Å². The first-order valence-electron chi connectivity index (χ1n) is 7.19.